The van der Waals surface area contributed by atoms with Crippen molar-refractivity contribution < 1.29 is 23.5 Å². The zero-order valence-corrected chi connectivity index (χ0v) is 22.1. The highest BCUT2D eigenvalue weighted by Crippen LogP contribution is 2.32. The maximum Gasteiger partial charge on any atom is 0.290 e. The van der Waals surface area contributed by atoms with Gasteiger partial charge in [-0.05, 0) is 78.4 Å². The third-order valence-corrected chi connectivity index (χ3v) is 7.42. The molecule has 0 radical (unpaired) electrons. The maximum atomic E-state index is 13.6. The number of carbonyl (C=O) groups excluding carboxylic acids is 2. The molecule has 1 aliphatic rings. The van der Waals surface area contributed by atoms with Crippen molar-refractivity contribution in [2.75, 3.05) is 13.2 Å². The largest absolute Gasteiger partial charge is 0.493 e. The number of benzene rings is 3. The molecule has 9 heteroatoms. The molecule has 0 spiro atoms. The zero-order chi connectivity index (χ0) is 27.5. The van der Waals surface area contributed by atoms with E-state index in [4.69, 9.17) is 9.47 Å². The van der Waals surface area contributed by atoms with Gasteiger partial charge >= 0.3 is 0 Å². The number of amides is 2. The Kier molecular flexibility index (Phi) is 7.51. The van der Waals surface area contributed by atoms with E-state index in [-0.39, 0.29) is 34.7 Å². The zero-order valence-electron chi connectivity index (χ0n) is 21.3. The molecule has 3 aromatic carbocycles. The Hall–Kier alpha value is -4.37. The third kappa shape index (κ3) is 5.44. The molecule has 5 rings (SSSR count). The Labute approximate surface area is 228 Å². The fraction of sp³-hybridized carbons (Fsp3) is 0.167. The van der Waals surface area contributed by atoms with Gasteiger partial charge in [0.2, 0.25) is 5.43 Å². The quantitative estimate of drug-likeness (QED) is 0.219. The highest BCUT2D eigenvalue weighted by atomic mass is 32.2. The molecule has 1 saturated heterocycles. The minimum Gasteiger partial charge on any atom is -0.493 e. The summed E-state index contributed by atoms with van der Waals surface area (Å²) in [6.07, 6.45) is 0.516. The predicted molar refractivity (Wildman–Crippen MR) is 150 cm³/mol. The third-order valence-electron chi connectivity index (χ3n) is 6.43. The number of nitrogens with one attached hydrogen (secondary N) is 1. The maximum absolute atomic E-state index is 13.6. The van der Waals surface area contributed by atoms with E-state index in [0.717, 1.165) is 28.4 Å². The van der Waals surface area contributed by atoms with Gasteiger partial charge in [0.25, 0.3) is 11.1 Å². The molecule has 198 valence electrons. The minimum atomic E-state index is -0.383. The first-order valence-corrected chi connectivity index (χ1v) is 13.1. The summed E-state index contributed by atoms with van der Waals surface area (Å²) in [5.41, 5.74) is 3.33. The van der Waals surface area contributed by atoms with Crippen molar-refractivity contribution in [1.82, 2.24) is 9.88 Å². The second-order valence-corrected chi connectivity index (χ2v) is 9.95. The van der Waals surface area contributed by atoms with Crippen LogP contribution in [-0.2, 0) is 11.8 Å². The molecule has 0 aliphatic carbocycles. The SMILES string of the molecule is C/C(=C1\SC(=O)NC1=O)c1ccc(OCCCOc2c(-c3ccc(F)cc3)n(C)c3ccccc3c2=O)cc1. The summed E-state index contributed by atoms with van der Waals surface area (Å²) in [6, 6.07) is 20.5. The van der Waals surface area contributed by atoms with Gasteiger partial charge in [0.05, 0.1) is 29.3 Å². The van der Waals surface area contributed by atoms with E-state index >= 15 is 0 Å². The van der Waals surface area contributed by atoms with Crippen molar-refractivity contribution >= 4 is 39.4 Å². The van der Waals surface area contributed by atoms with Gasteiger partial charge in [-0.1, -0.05) is 24.3 Å². The number of hydrogen-bond acceptors (Lipinski definition) is 6. The van der Waals surface area contributed by atoms with Crippen LogP contribution in [0, 0.1) is 5.82 Å². The van der Waals surface area contributed by atoms with E-state index in [1.807, 2.05) is 41.9 Å². The number of imide groups is 1. The summed E-state index contributed by atoms with van der Waals surface area (Å²) in [5.74, 6) is 0.112. The summed E-state index contributed by atoms with van der Waals surface area (Å²) in [6.45, 7) is 2.39. The number of rotatable bonds is 8. The number of allylic oxidation sites excluding steroid dienone is 1. The lowest BCUT2D eigenvalue weighted by Gasteiger charge is -2.18. The molecule has 1 N–H and O–H groups in total. The van der Waals surface area contributed by atoms with Crippen LogP contribution < -0.4 is 20.2 Å². The Bertz CT molecular complexity index is 1660. The Morgan fingerprint density at radius 2 is 1.62 bits per heavy atom. The molecule has 0 unspecified atom stereocenters. The summed E-state index contributed by atoms with van der Waals surface area (Å²) >= 11 is 0.895. The molecule has 0 bridgehead atoms. The van der Waals surface area contributed by atoms with E-state index < -0.39 is 0 Å². The number of fused-ring (bicyclic) bond motifs is 1. The summed E-state index contributed by atoms with van der Waals surface area (Å²) in [5, 5.41) is 2.43. The first-order valence-electron chi connectivity index (χ1n) is 12.3. The molecular formula is C30H25FN2O5S. The summed E-state index contributed by atoms with van der Waals surface area (Å²) in [4.78, 5) is 37.1. The Morgan fingerprint density at radius 1 is 0.923 bits per heavy atom. The average Bonchev–Trinajstić information content (AvgIpc) is 3.29. The van der Waals surface area contributed by atoms with Crippen molar-refractivity contribution in [3.8, 4) is 22.8 Å². The second-order valence-electron chi connectivity index (χ2n) is 8.96. The molecular weight excluding hydrogens is 519 g/mol. The molecule has 4 aromatic rings. The van der Waals surface area contributed by atoms with Gasteiger partial charge in [-0.2, -0.15) is 0 Å². The Balaban J connectivity index is 1.27. The van der Waals surface area contributed by atoms with Gasteiger partial charge in [-0.15, -0.1) is 0 Å². The lowest BCUT2D eigenvalue weighted by atomic mass is 10.1. The van der Waals surface area contributed by atoms with Crippen molar-refractivity contribution in [3.63, 3.8) is 0 Å². The van der Waals surface area contributed by atoms with Gasteiger partial charge < -0.3 is 14.0 Å². The Morgan fingerprint density at radius 3 is 2.31 bits per heavy atom. The van der Waals surface area contributed by atoms with E-state index in [2.05, 4.69) is 5.32 Å². The number of para-hydroxylation sites is 1. The van der Waals surface area contributed by atoms with Crippen molar-refractivity contribution in [1.29, 1.82) is 0 Å². The number of pyridine rings is 1. The lowest BCUT2D eigenvalue weighted by molar-refractivity contribution is -0.115. The first-order chi connectivity index (χ1) is 18.8. The molecule has 2 amide bonds. The van der Waals surface area contributed by atoms with Crippen LogP contribution in [0.1, 0.15) is 18.9 Å². The molecule has 1 aliphatic heterocycles. The smallest absolute Gasteiger partial charge is 0.290 e. The van der Waals surface area contributed by atoms with Gasteiger partial charge in [0.1, 0.15) is 11.6 Å². The standard InChI is InChI=1S/C30H25FN2O5S/c1-18(28-29(35)32-30(36)39-28)19-10-14-22(15-11-19)37-16-5-17-38-27-25(20-8-12-21(31)13-9-20)33(2)24-7-4-3-6-23(24)26(27)34/h3-4,6-15H,5,16-17H2,1-2H3,(H,32,35,36)/b28-18+. The van der Waals surface area contributed by atoms with Crippen LogP contribution in [0.4, 0.5) is 9.18 Å². The van der Waals surface area contributed by atoms with Gasteiger partial charge in [-0.25, -0.2) is 4.39 Å². The van der Waals surface area contributed by atoms with Gasteiger partial charge in [-0.3, -0.25) is 19.7 Å². The molecule has 1 aromatic heterocycles. The van der Waals surface area contributed by atoms with Gasteiger partial charge in [0.15, 0.2) is 5.75 Å². The number of nitrogens with zero attached hydrogens (tertiary/aromatic N) is 1. The molecule has 2 heterocycles. The normalized spacial score (nSPS) is 14.4. The number of carbonyl (C=O) groups is 2. The van der Waals surface area contributed by atoms with Crippen LogP contribution in [0.15, 0.2) is 82.5 Å². The fourth-order valence-corrected chi connectivity index (χ4v) is 5.19. The average molecular weight is 545 g/mol. The summed E-state index contributed by atoms with van der Waals surface area (Å²) < 4.78 is 27.3. The number of halogens is 1. The van der Waals surface area contributed by atoms with Crippen LogP contribution in [0.3, 0.4) is 0 Å². The number of hydrogen-bond donors (Lipinski definition) is 1. The van der Waals surface area contributed by atoms with Crippen molar-refractivity contribution in [2.45, 2.75) is 13.3 Å². The van der Waals surface area contributed by atoms with Crippen LogP contribution in [0.5, 0.6) is 11.5 Å². The highest BCUT2D eigenvalue weighted by molar-refractivity contribution is 8.18. The molecule has 7 nitrogen and oxygen atoms in total. The lowest BCUT2D eigenvalue weighted by Crippen LogP contribution is -2.18. The second kappa shape index (κ2) is 11.2. The van der Waals surface area contributed by atoms with Crippen molar-refractivity contribution in [3.05, 3.63) is 99.3 Å². The minimum absolute atomic E-state index is 0.211. The monoisotopic (exact) mass is 544 g/mol. The van der Waals surface area contributed by atoms with Gasteiger partial charge in [0, 0.05) is 24.4 Å². The molecule has 1 fully saturated rings. The van der Waals surface area contributed by atoms with Crippen LogP contribution in [0.2, 0.25) is 0 Å². The molecule has 0 atom stereocenters. The molecule has 0 saturated carbocycles. The number of aromatic nitrogens is 1. The van der Waals surface area contributed by atoms with E-state index in [1.165, 1.54) is 12.1 Å². The number of ether oxygens (including phenoxy) is 2. The fourth-order valence-electron chi connectivity index (χ4n) is 4.44. The van der Waals surface area contributed by atoms with Crippen LogP contribution >= 0.6 is 11.8 Å². The van der Waals surface area contributed by atoms with Crippen LogP contribution in [-0.4, -0.2) is 28.9 Å². The number of thioether (sulfide) groups is 1. The van der Waals surface area contributed by atoms with E-state index in [9.17, 15) is 18.8 Å². The van der Waals surface area contributed by atoms with E-state index in [0.29, 0.717) is 40.3 Å². The first kappa shape index (κ1) is 26.2. The number of aryl methyl sites for hydroxylation is 1. The van der Waals surface area contributed by atoms with Crippen molar-refractivity contribution in [2.24, 2.45) is 7.05 Å². The predicted octanol–water partition coefficient (Wildman–Crippen LogP) is 5.91. The van der Waals surface area contributed by atoms with E-state index in [1.54, 1.807) is 37.3 Å². The molecule has 39 heavy (non-hydrogen) atoms. The highest BCUT2D eigenvalue weighted by Gasteiger charge is 2.27. The van der Waals surface area contributed by atoms with Crippen LogP contribution in [0.25, 0.3) is 27.7 Å². The summed E-state index contributed by atoms with van der Waals surface area (Å²) in [7, 11) is 1.85. The topological polar surface area (TPSA) is 86.6 Å².